The molecule has 3 rings (SSSR count). The highest BCUT2D eigenvalue weighted by Crippen LogP contribution is 2.11. The first-order valence-corrected chi connectivity index (χ1v) is 8.73. The van der Waals surface area contributed by atoms with Crippen LogP contribution in [0.1, 0.15) is 35.0 Å². The van der Waals surface area contributed by atoms with Crippen LogP contribution in [0.4, 0.5) is 0 Å². The number of carbonyl (C=O) groups is 1. The smallest absolute Gasteiger partial charge is 0.268 e. The zero-order valence-electron chi connectivity index (χ0n) is 14.4. The third-order valence-electron chi connectivity index (χ3n) is 3.87. The van der Waals surface area contributed by atoms with Crippen LogP contribution in [-0.4, -0.2) is 21.4 Å². The van der Waals surface area contributed by atoms with Crippen molar-refractivity contribution in [2.75, 3.05) is 0 Å². The summed E-state index contributed by atoms with van der Waals surface area (Å²) < 4.78 is 1.71. The fourth-order valence-electron chi connectivity index (χ4n) is 2.50. The molecule has 1 aromatic heterocycles. The molecule has 26 heavy (non-hydrogen) atoms. The molecule has 0 aliphatic heterocycles. The molecule has 0 fully saturated rings. The van der Waals surface area contributed by atoms with Gasteiger partial charge in [0.2, 0.25) is 0 Å². The fraction of sp³-hybridized carbons (Fsp3) is 0.150. The molecular weight excluding hydrogens is 348 g/mol. The van der Waals surface area contributed by atoms with Crippen LogP contribution in [0.25, 0.3) is 0 Å². The average Bonchev–Trinajstić information content (AvgIpc) is 3.13. The van der Waals surface area contributed by atoms with E-state index in [2.05, 4.69) is 15.6 Å². The van der Waals surface area contributed by atoms with Crippen LogP contribution in [0.2, 0.25) is 5.02 Å². The van der Waals surface area contributed by atoms with Crippen molar-refractivity contribution < 1.29 is 4.79 Å². The maximum atomic E-state index is 12.3. The van der Waals surface area contributed by atoms with Crippen molar-refractivity contribution in [3.05, 3.63) is 88.7 Å². The fourth-order valence-corrected chi connectivity index (χ4v) is 2.63. The molecule has 0 saturated carbocycles. The minimum atomic E-state index is -0.332. The molecule has 0 bridgehead atoms. The topological polar surface area (TPSA) is 59.3 Å². The van der Waals surface area contributed by atoms with Crippen molar-refractivity contribution in [2.24, 2.45) is 5.10 Å². The lowest BCUT2D eigenvalue weighted by atomic mass is 10.1. The zero-order chi connectivity index (χ0) is 18.4. The molecule has 0 spiro atoms. The van der Waals surface area contributed by atoms with E-state index in [-0.39, 0.29) is 5.91 Å². The van der Waals surface area contributed by atoms with E-state index in [0.717, 1.165) is 23.3 Å². The first-order chi connectivity index (χ1) is 12.7. The summed E-state index contributed by atoms with van der Waals surface area (Å²) in [5, 5.41) is 9.24. The molecule has 0 aliphatic rings. The van der Waals surface area contributed by atoms with E-state index < -0.39 is 0 Å². The van der Waals surface area contributed by atoms with Crippen LogP contribution >= 0.6 is 11.6 Å². The minimum absolute atomic E-state index is 0.325. The van der Waals surface area contributed by atoms with Gasteiger partial charge in [-0.3, -0.25) is 9.48 Å². The number of halogens is 1. The van der Waals surface area contributed by atoms with E-state index in [0.29, 0.717) is 17.3 Å². The highest BCUT2D eigenvalue weighted by atomic mass is 35.5. The molecule has 0 aliphatic carbocycles. The van der Waals surface area contributed by atoms with Crippen LogP contribution < -0.4 is 5.43 Å². The quantitative estimate of drug-likeness (QED) is 0.526. The Balaban J connectivity index is 1.66. The van der Waals surface area contributed by atoms with Crippen LogP contribution in [-0.2, 0) is 6.54 Å². The largest absolute Gasteiger partial charge is 0.291 e. The van der Waals surface area contributed by atoms with Gasteiger partial charge in [-0.05, 0) is 35.7 Å². The third-order valence-corrected chi connectivity index (χ3v) is 4.12. The number of carbonyl (C=O) groups excluding carboxylic acids is 1. The Morgan fingerprint density at radius 2 is 1.85 bits per heavy atom. The first kappa shape index (κ1) is 17.9. The molecule has 2 aromatic carbocycles. The van der Waals surface area contributed by atoms with E-state index >= 15 is 0 Å². The van der Waals surface area contributed by atoms with Crippen LogP contribution in [0, 0.1) is 0 Å². The predicted octanol–water partition coefficient (Wildman–Crippen LogP) is 4.13. The van der Waals surface area contributed by atoms with Gasteiger partial charge in [-0.1, -0.05) is 61.0 Å². The standard InChI is InChI=1S/C20H19ClN4O/c1-2-18(16-6-4-3-5-7-16)22-23-20(26)19-12-13-25(24-19)14-15-8-10-17(21)11-9-15/h3-13H,2,14H2,1H3,(H,23,26)/b22-18+. The summed E-state index contributed by atoms with van der Waals surface area (Å²) in [5.41, 5.74) is 5.78. The Morgan fingerprint density at radius 3 is 2.54 bits per heavy atom. The van der Waals surface area contributed by atoms with Crippen molar-refractivity contribution >= 4 is 23.2 Å². The molecule has 0 atom stereocenters. The van der Waals surface area contributed by atoms with Gasteiger partial charge in [-0.25, -0.2) is 5.43 Å². The molecule has 6 heteroatoms. The number of nitrogens with one attached hydrogen (secondary N) is 1. The summed E-state index contributed by atoms with van der Waals surface area (Å²) in [5.74, 6) is -0.332. The van der Waals surface area contributed by atoms with Gasteiger partial charge in [0.1, 0.15) is 0 Å². The normalized spacial score (nSPS) is 11.4. The predicted molar refractivity (Wildman–Crippen MR) is 104 cm³/mol. The van der Waals surface area contributed by atoms with Gasteiger partial charge >= 0.3 is 0 Å². The van der Waals surface area contributed by atoms with Gasteiger partial charge in [0.05, 0.1) is 12.3 Å². The number of rotatable bonds is 6. The van der Waals surface area contributed by atoms with Crippen molar-refractivity contribution in [2.45, 2.75) is 19.9 Å². The summed E-state index contributed by atoms with van der Waals surface area (Å²) in [6, 6.07) is 19.0. The molecule has 0 radical (unpaired) electrons. The maximum absolute atomic E-state index is 12.3. The minimum Gasteiger partial charge on any atom is -0.268 e. The lowest BCUT2D eigenvalue weighted by Crippen LogP contribution is -2.21. The Morgan fingerprint density at radius 1 is 1.12 bits per heavy atom. The van der Waals surface area contributed by atoms with E-state index in [1.54, 1.807) is 16.9 Å². The lowest BCUT2D eigenvalue weighted by Gasteiger charge is -2.04. The Kier molecular flexibility index (Phi) is 5.81. The second kappa shape index (κ2) is 8.45. The Hall–Kier alpha value is -2.92. The second-order valence-electron chi connectivity index (χ2n) is 5.74. The number of hydrazone groups is 1. The SMILES string of the molecule is CC/C(=N\NC(=O)c1ccn(Cc2ccc(Cl)cc2)n1)c1ccccc1. The van der Waals surface area contributed by atoms with Crippen molar-refractivity contribution in [1.82, 2.24) is 15.2 Å². The van der Waals surface area contributed by atoms with Crippen molar-refractivity contribution in [1.29, 1.82) is 0 Å². The Labute approximate surface area is 157 Å². The van der Waals surface area contributed by atoms with Gasteiger partial charge in [0, 0.05) is 11.2 Å². The highest BCUT2D eigenvalue weighted by molar-refractivity contribution is 6.30. The molecule has 5 nitrogen and oxygen atoms in total. The first-order valence-electron chi connectivity index (χ1n) is 8.36. The van der Waals surface area contributed by atoms with Gasteiger partial charge in [-0.2, -0.15) is 10.2 Å². The number of amides is 1. The van der Waals surface area contributed by atoms with Gasteiger partial charge in [0.15, 0.2) is 5.69 Å². The van der Waals surface area contributed by atoms with E-state index in [1.165, 1.54) is 0 Å². The summed E-state index contributed by atoms with van der Waals surface area (Å²) in [7, 11) is 0. The van der Waals surface area contributed by atoms with Crippen LogP contribution in [0.15, 0.2) is 72.0 Å². The molecule has 3 aromatic rings. The van der Waals surface area contributed by atoms with Crippen LogP contribution in [0.3, 0.4) is 0 Å². The number of aromatic nitrogens is 2. The average molecular weight is 367 g/mol. The highest BCUT2D eigenvalue weighted by Gasteiger charge is 2.10. The molecule has 0 unspecified atom stereocenters. The lowest BCUT2D eigenvalue weighted by molar-refractivity contribution is 0.0949. The third kappa shape index (κ3) is 4.58. The molecule has 0 saturated heterocycles. The molecule has 1 heterocycles. The molecule has 1 amide bonds. The molecule has 1 N–H and O–H groups in total. The summed E-state index contributed by atoms with van der Waals surface area (Å²) in [6.07, 6.45) is 2.49. The van der Waals surface area contributed by atoms with E-state index in [4.69, 9.17) is 11.6 Å². The maximum Gasteiger partial charge on any atom is 0.291 e. The zero-order valence-corrected chi connectivity index (χ0v) is 15.1. The second-order valence-corrected chi connectivity index (χ2v) is 6.18. The van der Waals surface area contributed by atoms with E-state index in [1.807, 2.05) is 61.5 Å². The van der Waals surface area contributed by atoms with E-state index in [9.17, 15) is 4.79 Å². The Bertz CT molecular complexity index is 901. The van der Waals surface area contributed by atoms with Gasteiger partial charge in [0.25, 0.3) is 5.91 Å². The van der Waals surface area contributed by atoms with Gasteiger partial charge < -0.3 is 0 Å². The number of nitrogens with zero attached hydrogens (tertiary/aromatic N) is 3. The van der Waals surface area contributed by atoms with Gasteiger partial charge in [-0.15, -0.1) is 0 Å². The monoisotopic (exact) mass is 366 g/mol. The molecular formula is C20H19ClN4O. The molecule has 132 valence electrons. The summed E-state index contributed by atoms with van der Waals surface area (Å²) in [6.45, 7) is 2.57. The summed E-state index contributed by atoms with van der Waals surface area (Å²) >= 11 is 5.89. The van der Waals surface area contributed by atoms with Crippen LogP contribution in [0.5, 0.6) is 0 Å². The van der Waals surface area contributed by atoms with Crippen molar-refractivity contribution in [3.8, 4) is 0 Å². The summed E-state index contributed by atoms with van der Waals surface area (Å²) in [4.78, 5) is 12.3. The number of hydrogen-bond acceptors (Lipinski definition) is 3. The number of benzene rings is 2. The van der Waals surface area contributed by atoms with Crippen molar-refractivity contribution in [3.63, 3.8) is 0 Å². The number of hydrogen-bond donors (Lipinski definition) is 1.